The van der Waals surface area contributed by atoms with Crippen LogP contribution in [0.1, 0.15) is 27.2 Å². The fourth-order valence-electron chi connectivity index (χ4n) is 2.37. The van der Waals surface area contributed by atoms with E-state index in [4.69, 9.17) is 9.84 Å². The first-order valence-corrected chi connectivity index (χ1v) is 8.28. The number of ether oxygens (including phenoxy) is 2. The zero-order valence-corrected chi connectivity index (χ0v) is 15.4. The summed E-state index contributed by atoms with van der Waals surface area (Å²) in [7, 11) is 0. The fraction of sp³-hybridized carbons (Fsp3) is 0.529. The van der Waals surface area contributed by atoms with Crippen molar-refractivity contribution in [1.82, 2.24) is 0 Å². The number of aliphatic carboxylic acids is 1. The van der Waals surface area contributed by atoms with E-state index in [0.29, 0.717) is 11.4 Å². The number of fused-ring (bicyclic) bond motifs is 1. The molecule has 8 nitrogen and oxygen atoms in total. The minimum Gasteiger partial charge on any atom is -0.486 e. The van der Waals surface area contributed by atoms with Crippen LogP contribution in [0, 0.1) is 0 Å². The van der Waals surface area contributed by atoms with Gasteiger partial charge in [-0.15, -0.1) is 0 Å². The molecule has 1 aromatic carbocycles. The topological polar surface area (TPSA) is 117 Å². The van der Waals surface area contributed by atoms with E-state index >= 15 is 0 Å². The Morgan fingerprint density at radius 3 is 2.54 bits per heavy atom. The van der Waals surface area contributed by atoms with Crippen molar-refractivity contribution in [2.45, 2.75) is 50.7 Å². The Balaban J connectivity index is 2.02. The summed E-state index contributed by atoms with van der Waals surface area (Å²) in [6.07, 6.45) is -6.76. The average molecular weight is 406 g/mol. The number of nitrogens with one attached hydrogen (secondary N) is 2. The second kappa shape index (κ2) is 7.38. The van der Waals surface area contributed by atoms with Crippen LogP contribution >= 0.6 is 0 Å². The predicted octanol–water partition coefficient (Wildman–Crippen LogP) is 2.97. The van der Waals surface area contributed by atoms with Gasteiger partial charge in [0.15, 0.2) is 5.60 Å². The van der Waals surface area contributed by atoms with Crippen LogP contribution < -0.4 is 15.4 Å². The first kappa shape index (κ1) is 21.6. The number of carbonyl (C=O) groups is 2. The minimum atomic E-state index is -4.72. The van der Waals surface area contributed by atoms with Crippen LogP contribution in [0.4, 0.5) is 29.3 Å². The van der Waals surface area contributed by atoms with Crippen LogP contribution in [0.25, 0.3) is 0 Å². The van der Waals surface area contributed by atoms with E-state index < -0.39 is 35.5 Å². The molecule has 1 aliphatic rings. The van der Waals surface area contributed by atoms with Gasteiger partial charge in [-0.25, -0.2) is 9.59 Å². The Kier molecular flexibility index (Phi) is 5.69. The second-order valence-electron chi connectivity index (χ2n) is 7.14. The van der Waals surface area contributed by atoms with Crippen molar-refractivity contribution < 1.29 is 42.4 Å². The lowest BCUT2D eigenvalue weighted by molar-refractivity contribution is -0.242. The highest BCUT2D eigenvalue weighted by molar-refractivity contribution is 5.86. The molecular formula is C17H21F3N2O6. The molecule has 2 atom stereocenters. The predicted molar refractivity (Wildman–Crippen MR) is 92.5 cm³/mol. The highest BCUT2D eigenvalue weighted by Gasteiger charge is 2.51. The smallest absolute Gasteiger partial charge is 0.427 e. The lowest BCUT2D eigenvalue weighted by Gasteiger charge is -2.31. The van der Waals surface area contributed by atoms with Crippen LogP contribution in [-0.4, -0.2) is 52.3 Å². The number of carbonyl (C=O) groups excluding carboxylic acids is 1. The molecule has 0 aliphatic carbocycles. The number of hydrogen-bond donors (Lipinski definition) is 4. The van der Waals surface area contributed by atoms with E-state index in [0.717, 1.165) is 20.8 Å². The molecule has 28 heavy (non-hydrogen) atoms. The Morgan fingerprint density at radius 2 is 1.96 bits per heavy atom. The highest BCUT2D eigenvalue weighted by atomic mass is 19.4. The molecule has 1 aromatic rings. The molecular weight excluding hydrogens is 385 g/mol. The van der Waals surface area contributed by atoms with Crippen LogP contribution in [0.2, 0.25) is 0 Å². The van der Waals surface area contributed by atoms with Crippen LogP contribution in [-0.2, 0) is 9.53 Å². The molecule has 0 bridgehead atoms. The second-order valence-corrected chi connectivity index (χ2v) is 7.14. The van der Waals surface area contributed by atoms with E-state index in [9.17, 15) is 27.9 Å². The Labute approximate surface area is 158 Å². The lowest BCUT2D eigenvalue weighted by atomic mass is 9.98. The van der Waals surface area contributed by atoms with Crippen LogP contribution in [0.5, 0.6) is 5.75 Å². The van der Waals surface area contributed by atoms with Gasteiger partial charge in [-0.3, -0.25) is 5.32 Å². The van der Waals surface area contributed by atoms with E-state index in [1.165, 1.54) is 18.2 Å². The Morgan fingerprint density at radius 1 is 1.32 bits per heavy atom. The lowest BCUT2D eigenvalue weighted by Crippen LogP contribution is -2.44. The molecule has 1 aliphatic heterocycles. The Bertz CT molecular complexity index is 764. The van der Waals surface area contributed by atoms with E-state index in [-0.39, 0.29) is 18.7 Å². The third-order valence-corrected chi connectivity index (χ3v) is 4.16. The van der Waals surface area contributed by atoms with E-state index in [1.807, 2.05) is 0 Å². The largest absolute Gasteiger partial charge is 0.486 e. The Hall–Kier alpha value is -2.69. The zero-order valence-electron chi connectivity index (χ0n) is 15.4. The quantitative estimate of drug-likeness (QED) is 0.594. The number of benzene rings is 1. The van der Waals surface area contributed by atoms with Gasteiger partial charge in [-0.05, 0) is 39.0 Å². The maximum absolute atomic E-state index is 12.8. The molecule has 0 aromatic heterocycles. The number of hydrogen-bond acceptors (Lipinski definition) is 6. The molecule has 156 valence electrons. The number of anilines is 2. The average Bonchev–Trinajstić information content (AvgIpc) is 2.52. The van der Waals surface area contributed by atoms with Crippen molar-refractivity contribution in [2.24, 2.45) is 0 Å². The molecule has 2 unspecified atom stereocenters. The number of halogens is 3. The molecule has 0 spiro atoms. The van der Waals surface area contributed by atoms with Gasteiger partial charge < -0.3 is 25.0 Å². The van der Waals surface area contributed by atoms with E-state index in [1.54, 1.807) is 0 Å². The monoisotopic (exact) mass is 406 g/mol. The maximum atomic E-state index is 12.8. The summed E-state index contributed by atoms with van der Waals surface area (Å²) < 4.78 is 48.4. The van der Waals surface area contributed by atoms with Gasteiger partial charge in [0, 0.05) is 12.1 Å². The first-order valence-electron chi connectivity index (χ1n) is 8.28. The van der Waals surface area contributed by atoms with Crippen molar-refractivity contribution >= 4 is 23.4 Å². The third kappa shape index (κ3) is 4.97. The van der Waals surface area contributed by atoms with Crippen LogP contribution in [0.3, 0.4) is 0 Å². The first-order chi connectivity index (χ1) is 12.7. The molecule has 1 amide bonds. The standard InChI is InChI=1S/C17H21F3N2O6/c1-15(2,17(18,19)20)28-14(25)22-9-4-5-12-11(6-9)21-8-10(27-12)7-16(3,26)13(23)24/h4-6,10,21,26H,7-8H2,1-3H3,(H,22,25)(H,23,24). The molecule has 0 saturated heterocycles. The zero-order chi connectivity index (χ0) is 21.3. The molecule has 0 saturated carbocycles. The molecule has 4 N–H and O–H groups in total. The molecule has 0 fully saturated rings. The summed E-state index contributed by atoms with van der Waals surface area (Å²) in [6, 6.07) is 4.28. The van der Waals surface area contributed by atoms with Gasteiger partial charge in [-0.1, -0.05) is 0 Å². The van der Waals surface area contributed by atoms with Crippen molar-refractivity contribution in [2.75, 3.05) is 17.2 Å². The van der Waals surface area contributed by atoms with Crippen LogP contribution in [0.15, 0.2) is 18.2 Å². The summed E-state index contributed by atoms with van der Waals surface area (Å²) in [6.45, 7) is 2.82. The van der Waals surface area contributed by atoms with E-state index in [2.05, 4.69) is 15.4 Å². The molecule has 1 heterocycles. The highest BCUT2D eigenvalue weighted by Crippen LogP contribution is 2.35. The third-order valence-electron chi connectivity index (χ3n) is 4.16. The van der Waals surface area contributed by atoms with Crippen molar-refractivity contribution in [1.29, 1.82) is 0 Å². The summed E-state index contributed by atoms with van der Waals surface area (Å²) >= 11 is 0. The summed E-state index contributed by atoms with van der Waals surface area (Å²) in [5.74, 6) is -1.03. The van der Waals surface area contributed by atoms with Gasteiger partial charge in [0.05, 0.1) is 12.2 Å². The number of carboxylic acid groups (broad SMARTS) is 1. The number of carboxylic acids is 1. The summed E-state index contributed by atoms with van der Waals surface area (Å²) in [5.41, 5.74) is -3.99. The number of amides is 1. The maximum Gasteiger partial charge on any atom is 0.427 e. The fourth-order valence-corrected chi connectivity index (χ4v) is 2.37. The summed E-state index contributed by atoms with van der Waals surface area (Å²) in [5, 5.41) is 24.0. The number of aliphatic hydroxyl groups is 1. The van der Waals surface area contributed by atoms with Gasteiger partial charge >= 0.3 is 18.2 Å². The van der Waals surface area contributed by atoms with Gasteiger partial charge in [0.1, 0.15) is 11.9 Å². The SMILES string of the molecule is CC(O)(CC1CNc2cc(NC(=O)OC(C)(C)C(F)(F)F)ccc2O1)C(=O)O. The minimum absolute atomic E-state index is 0.159. The van der Waals surface area contributed by atoms with Crippen molar-refractivity contribution in [3.05, 3.63) is 18.2 Å². The van der Waals surface area contributed by atoms with Crippen molar-refractivity contribution in [3.8, 4) is 5.75 Å². The van der Waals surface area contributed by atoms with Gasteiger partial charge in [0.25, 0.3) is 0 Å². The van der Waals surface area contributed by atoms with Gasteiger partial charge in [0.2, 0.25) is 5.60 Å². The molecule has 0 radical (unpaired) electrons. The molecule has 11 heteroatoms. The number of rotatable bonds is 5. The normalized spacial score (nSPS) is 18.8. The van der Waals surface area contributed by atoms with Gasteiger partial charge in [-0.2, -0.15) is 13.2 Å². The van der Waals surface area contributed by atoms with Crippen molar-refractivity contribution in [3.63, 3.8) is 0 Å². The number of alkyl halides is 3. The summed E-state index contributed by atoms with van der Waals surface area (Å²) in [4.78, 5) is 22.7. The molecule has 2 rings (SSSR count).